The molecule has 0 saturated heterocycles. The molecule has 3 aromatic rings. The van der Waals surface area contributed by atoms with Gasteiger partial charge < -0.3 is 0 Å². The Balaban J connectivity index is 1.68. The summed E-state index contributed by atoms with van der Waals surface area (Å²) in [5, 5.41) is 4.48. The molecule has 0 fully saturated rings. The Labute approximate surface area is 172 Å². The SMILES string of the molecule is Cc1ccc(S(=O)(=O)OCCCn2nc(C)c(Br)c2-c2ccc(F)cc2)cc1. The predicted octanol–water partition coefficient (Wildman–Crippen LogP) is 4.86. The lowest BCUT2D eigenvalue weighted by Crippen LogP contribution is -2.11. The number of aromatic nitrogens is 2. The highest BCUT2D eigenvalue weighted by molar-refractivity contribution is 9.10. The average Bonchev–Trinajstić information content (AvgIpc) is 2.94. The van der Waals surface area contributed by atoms with Gasteiger partial charge in [-0.1, -0.05) is 17.7 Å². The second-order valence-electron chi connectivity index (χ2n) is 6.42. The summed E-state index contributed by atoms with van der Waals surface area (Å²) in [6, 6.07) is 12.7. The highest BCUT2D eigenvalue weighted by Crippen LogP contribution is 2.31. The summed E-state index contributed by atoms with van der Waals surface area (Å²) in [5.74, 6) is -0.308. The van der Waals surface area contributed by atoms with Crippen molar-refractivity contribution in [3.8, 4) is 11.3 Å². The van der Waals surface area contributed by atoms with Gasteiger partial charge in [0.05, 0.1) is 27.4 Å². The highest BCUT2D eigenvalue weighted by Gasteiger charge is 2.17. The maximum atomic E-state index is 13.2. The molecule has 2 aromatic carbocycles. The molecular formula is C20H20BrFN2O3S. The van der Waals surface area contributed by atoms with Crippen molar-refractivity contribution >= 4 is 26.0 Å². The Morgan fingerprint density at radius 2 is 1.71 bits per heavy atom. The van der Waals surface area contributed by atoms with Crippen LogP contribution in [0.5, 0.6) is 0 Å². The molecule has 0 aliphatic carbocycles. The van der Waals surface area contributed by atoms with Crippen LogP contribution in [0.15, 0.2) is 57.9 Å². The number of hydrogen-bond acceptors (Lipinski definition) is 4. The molecule has 0 unspecified atom stereocenters. The largest absolute Gasteiger partial charge is 0.296 e. The number of rotatable bonds is 7. The van der Waals surface area contributed by atoms with Crippen molar-refractivity contribution in [2.75, 3.05) is 6.61 Å². The van der Waals surface area contributed by atoms with Gasteiger partial charge in [0, 0.05) is 12.1 Å². The summed E-state index contributed by atoms with van der Waals surface area (Å²) in [5.41, 5.74) is 3.42. The first kappa shape index (κ1) is 20.7. The first-order valence-electron chi connectivity index (χ1n) is 8.73. The average molecular weight is 467 g/mol. The third kappa shape index (κ3) is 4.68. The van der Waals surface area contributed by atoms with Gasteiger partial charge in [0.25, 0.3) is 10.1 Å². The fourth-order valence-corrected chi connectivity index (χ4v) is 4.22. The molecule has 0 amide bonds. The topological polar surface area (TPSA) is 61.2 Å². The number of aryl methyl sites for hydroxylation is 3. The zero-order chi connectivity index (χ0) is 20.3. The van der Waals surface area contributed by atoms with Crippen LogP contribution in [-0.4, -0.2) is 24.8 Å². The van der Waals surface area contributed by atoms with Gasteiger partial charge in [0.2, 0.25) is 0 Å². The lowest BCUT2D eigenvalue weighted by molar-refractivity contribution is 0.301. The monoisotopic (exact) mass is 466 g/mol. The number of benzene rings is 2. The normalized spacial score (nSPS) is 11.7. The van der Waals surface area contributed by atoms with Crippen LogP contribution < -0.4 is 0 Å². The van der Waals surface area contributed by atoms with E-state index in [-0.39, 0.29) is 17.3 Å². The molecule has 1 aromatic heterocycles. The van der Waals surface area contributed by atoms with E-state index >= 15 is 0 Å². The van der Waals surface area contributed by atoms with Gasteiger partial charge in [0.15, 0.2) is 0 Å². The third-order valence-corrected chi connectivity index (χ3v) is 6.51. The van der Waals surface area contributed by atoms with E-state index < -0.39 is 10.1 Å². The third-order valence-electron chi connectivity index (χ3n) is 4.23. The summed E-state index contributed by atoms with van der Waals surface area (Å²) in [6.45, 7) is 4.25. The Morgan fingerprint density at radius 1 is 1.07 bits per heavy atom. The fourth-order valence-electron chi connectivity index (χ4n) is 2.76. The lowest BCUT2D eigenvalue weighted by atomic mass is 10.1. The predicted molar refractivity (Wildman–Crippen MR) is 109 cm³/mol. The van der Waals surface area contributed by atoms with Crippen LogP contribution in [0.25, 0.3) is 11.3 Å². The van der Waals surface area contributed by atoms with E-state index in [4.69, 9.17) is 4.18 Å². The molecule has 0 atom stereocenters. The summed E-state index contributed by atoms with van der Waals surface area (Å²) in [6.07, 6.45) is 0.451. The van der Waals surface area contributed by atoms with Gasteiger partial charge >= 0.3 is 0 Å². The number of nitrogens with zero attached hydrogens (tertiary/aromatic N) is 2. The maximum absolute atomic E-state index is 13.2. The van der Waals surface area contributed by atoms with Gasteiger partial charge in [-0.2, -0.15) is 13.5 Å². The first-order valence-corrected chi connectivity index (χ1v) is 10.9. The molecular weight excluding hydrogens is 447 g/mol. The van der Waals surface area contributed by atoms with E-state index in [1.165, 1.54) is 24.3 Å². The van der Waals surface area contributed by atoms with Crippen molar-refractivity contribution in [1.82, 2.24) is 9.78 Å². The maximum Gasteiger partial charge on any atom is 0.296 e. The van der Waals surface area contributed by atoms with Crippen molar-refractivity contribution in [3.63, 3.8) is 0 Å². The Morgan fingerprint density at radius 3 is 2.36 bits per heavy atom. The van der Waals surface area contributed by atoms with Gasteiger partial charge in [0.1, 0.15) is 5.82 Å². The Hall–Kier alpha value is -2.03. The van der Waals surface area contributed by atoms with Crippen molar-refractivity contribution in [1.29, 1.82) is 0 Å². The van der Waals surface area contributed by atoms with Crippen molar-refractivity contribution in [3.05, 3.63) is 70.1 Å². The van der Waals surface area contributed by atoms with Crippen LogP contribution in [0.2, 0.25) is 0 Å². The molecule has 0 N–H and O–H groups in total. The van der Waals surface area contributed by atoms with E-state index in [1.807, 2.05) is 13.8 Å². The van der Waals surface area contributed by atoms with E-state index in [9.17, 15) is 12.8 Å². The minimum Gasteiger partial charge on any atom is -0.266 e. The quantitative estimate of drug-likeness (QED) is 0.368. The molecule has 8 heteroatoms. The molecule has 0 saturated carbocycles. The smallest absolute Gasteiger partial charge is 0.266 e. The molecule has 0 bridgehead atoms. The van der Waals surface area contributed by atoms with Crippen LogP contribution in [0.1, 0.15) is 17.7 Å². The molecule has 148 valence electrons. The summed E-state index contributed by atoms with van der Waals surface area (Å²) in [4.78, 5) is 0.141. The van der Waals surface area contributed by atoms with Gasteiger partial charge in [-0.05, 0) is 72.6 Å². The van der Waals surface area contributed by atoms with Gasteiger partial charge in [-0.15, -0.1) is 0 Å². The molecule has 28 heavy (non-hydrogen) atoms. The van der Waals surface area contributed by atoms with E-state index in [0.29, 0.717) is 13.0 Å². The molecule has 1 heterocycles. The van der Waals surface area contributed by atoms with Crippen LogP contribution in [0, 0.1) is 19.7 Å². The molecule has 0 aliphatic heterocycles. The second-order valence-corrected chi connectivity index (χ2v) is 8.83. The number of hydrogen-bond donors (Lipinski definition) is 0. The van der Waals surface area contributed by atoms with Crippen molar-refractivity contribution in [2.45, 2.75) is 31.7 Å². The standard InChI is InChI=1S/C20H20BrFN2O3S/c1-14-4-10-18(11-5-14)28(25,26)27-13-3-12-24-20(19(21)15(2)23-24)16-6-8-17(22)9-7-16/h4-11H,3,12-13H2,1-2H3. The summed E-state index contributed by atoms with van der Waals surface area (Å²) < 4.78 is 45.5. The summed E-state index contributed by atoms with van der Waals surface area (Å²) in [7, 11) is -3.78. The Bertz CT molecular complexity index is 1060. The van der Waals surface area contributed by atoms with E-state index in [0.717, 1.165) is 27.0 Å². The van der Waals surface area contributed by atoms with E-state index in [2.05, 4.69) is 21.0 Å². The molecule has 0 aliphatic rings. The van der Waals surface area contributed by atoms with Crippen molar-refractivity contribution < 1.29 is 17.0 Å². The van der Waals surface area contributed by atoms with Crippen LogP contribution >= 0.6 is 15.9 Å². The lowest BCUT2D eigenvalue weighted by Gasteiger charge is -2.09. The van der Waals surface area contributed by atoms with Crippen LogP contribution in [0.4, 0.5) is 4.39 Å². The minimum absolute atomic E-state index is 0.0373. The molecule has 5 nitrogen and oxygen atoms in total. The number of halogens is 2. The van der Waals surface area contributed by atoms with Crippen LogP contribution in [0.3, 0.4) is 0 Å². The first-order chi connectivity index (χ1) is 13.3. The minimum atomic E-state index is -3.78. The van der Waals surface area contributed by atoms with Gasteiger partial charge in [-0.3, -0.25) is 8.86 Å². The highest BCUT2D eigenvalue weighted by atomic mass is 79.9. The molecule has 3 rings (SSSR count). The Kier molecular flexibility index (Phi) is 6.32. The fraction of sp³-hybridized carbons (Fsp3) is 0.250. The zero-order valence-corrected chi connectivity index (χ0v) is 17.9. The van der Waals surface area contributed by atoms with Crippen molar-refractivity contribution in [2.24, 2.45) is 0 Å². The van der Waals surface area contributed by atoms with Gasteiger partial charge in [-0.25, -0.2) is 4.39 Å². The molecule has 0 spiro atoms. The van der Waals surface area contributed by atoms with Crippen LogP contribution in [-0.2, 0) is 20.8 Å². The zero-order valence-electron chi connectivity index (χ0n) is 15.5. The molecule has 0 radical (unpaired) electrons. The van der Waals surface area contributed by atoms with E-state index in [1.54, 1.807) is 28.9 Å². The second kappa shape index (κ2) is 8.55. The summed E-state index contributed by atoms with van der Waals surface area (Å²) >= 11 is 3.53.